The summed E-state index contributed by atoms with van der Waals surface area (Å²) in [7, 11) is 0. The van der Waals surface area contributed by atoms with Gasteiger partial charge in [-0.15, -0.1) is 6.58 Å². The van der Waals surface area contributed by atoms with Gasteiger partial charge >= 0.3 is 0 Å². The van der Waals surface area contributed by atoms with Gasteiger partial charge < -0.3 is 4.98 Å². The van der Waals surface area contributed by atoms with E-state index in [1.165, 1.54) is 31.6 Å². The van der Waals surface area contributed by atoms with Crippen LogP contribution in [0.5, 0.6) is 0 Å². The van der Waals surface area contributed by atoms with Crippen LogP contribution in [-0.4, -0.2) is 33.6 Å². The van der Waals surface area contributed by atoms with E-state index in [2.05, 4.69) is 11.6 Å². The van der Waals surface area contributed by atoms with Crippen LogP contribution in [0.2, 0.25) is 0 Å². The number of hydrogen-bond donors (Lipinski definition) is 1. The monoisotopic (exact) mass is 559 g/mol. The molecule has 5 rings (SSSR count). The number of para-hydroxylation sites is 1. The molecule has 0 amide bonds. The lowest BCUT2D eigenvalue weighted by Gasteiger charge is -2.38. The highest BCUT2D eigenvalue weighted by Gasteiger charge is 2.37. The maximum absolute atomic E-state index is 15.9. The number of nitrogens with one attached hydrogen (secondary N) is 1. The van der Waals surface area contributed by atoms with E-state index in [1.54, 1.807) is 0 Å². The minimum Gasteiger partial charge on any atom is -0.357 e. The van der Waals surface area contributed by atoms with Gasteiger partial charge in [-0.25, -0.2) is 13.2 Å². The van der Waals surface area contributed by atoms with Crippen molar-refractivity contribution in [3.05, 3.63) is 112 Å². The smallest absolute Gasteiger partial charge is 0.131 e. The minimum absolute atomic E-state index is 0.0274. The Kier molecular flexibility index (Phi) is 8.69. The van der Waals surface area contributed by atoms with Gasteiger partial charge in [0.25, 0.3) is 0 Å². The van der Waals surface area contributed by atoms with Crippen LogP contribution in [0.4, 0.5) is 13.2 Å². The Labute approximate surface area is 241 Å². The molecule has 0 radical (unpaired) electrons. The van der Waals surface area contributed by atoms with Gasteiger partial charge in [0.2, 0.25) is 0 Å². The molecule has 0 saturated heterocycles. The van der Waals surface area contributed by atoms with Gasteiger partial charge in [0.05, 0.1) is 6.04 Å². The number of alkyl halides is 1. The zero-order valence-electron chi connectivity index (χ0n) is 24.4. The summed E-state index contributed by atoms with van der Waals surface area (Å²) in [5, 5.41) is 1.05. The number of fused-ring (bicyclic) bond motifs is 3. The van der Waals surface area contributed by atoms with Crippen LogP contribution in [0, 0.1) is 11.6 Å². The van der Waals surface area contributed by atoms with E-state index in [-0.39, 0.29) is 12.1 Å². The fourth-order valence-electron chi connectivity index (χ4n) is 6.13. The summed E-state index contributed by atoms with van der Waals surface area (Å²) in [5.41, 5.74) is 4.92. The Morgan fingerprint density at radius 2 is 1.71 bits per heavy atom. The van der Waals surface area contributed by atoms with Crippen LogP contribution in [0.3, 0.4) is 0 Å². The largest absolute Gasteiger partial charge is 0.357 e. The van der Waals surface area contributed by atoms with E-state index in [9.17, 15) is 4.39 Å². The third-order valence-corrected chi connectivity index (χ3v) is 7.95. The first kappa shape index (κ1) is 29.1. The number of allylic oxidation sites excluding steroid dienone is 1. The summed E-state index contributed by atoms with van der Waals surface area (Å²) < 4.78 is 46.6. The van der Waals surface area contributed by atoms with Gasteiger partial charge in [-0.3, -0.25) is 9.88 Å². The second kappa shape index (κ2) is 12.2. The Bertz CT molecular complexity index is 1510. The molecule has 41 heavy (non-hydrogen) atoms. The van der Waals surface area contributed by atoms with Crippen LogP contribution >= 0.6 is 0 Å². The zero-order chi connectivity index (χ0) is 29.1. The average Bonchev–Trinajstić information content (AvgIpc) is 3.29. The number of halogens is 3. The lowest BCUT2D eigenvalue weighted by molar-refractivity contribution is 0.0962. The number of H-pyrrole nitrogens is 1. The molecule has 1 aliphatic heterocycles. The van der Waals surface area contributed by atoms with Crippen LogP contribution in [0.25, 0.3) is 10.9 Å². The first-order valence-electron chi connectivity index (χ1n) is 14.7. The first-order valence-corrected chi connectivity index (χ1v) is 14.7. The molecule has 1 atom stereocenters. The Morgan fingerprint density at radius 3 is 2.41 bits per heavy atom. The molecule has 216 valence electrons. The van der Waals surface area contributed by atoms with Crippen molar-refractivity contribution in [3.8, 4) is 0 Å². The third kappa shape index (κ3) is 6.92. The number of aromatic nitrogens is 2. The van der Waals surface area contributed by atoms with Crippen molar-refractivity contribution in [1.29, 1.82) is 0 Å². The molecule has 4 aromatic rings. The Hall–Kier alpha value is -3.38. The molecule has 6 heteroatoms. The maximum Gasteiger partial charge on any atom is 0.131 e. The molecule has 3 heterocycles. The van der Waals surface area contributed by atoms with E-state index in [0.717, 1.165) is 59.2 Å². The summed E-state index contributed by atoms with van der Waals surface area (Å²) in [4.78, 5) is 10.1. The molecule has 1 unspecified atom stereocenters. The van der Waals surface area contributed by atoms with E-state index >= 15 is 8.78 Å². The number of aryl methyl sites for hydroxylation is 3. The van der Waals surface area contributed by atoms with Gasteiger partial charge in [0, 0.05) is 46.6 Å². The number of pyridine rings is 1. The van der Waals surface area contributed by atoms with Gasteiger partial charge in [0.1, 0.15) is 17.3 Å². The summed E-state index contributed by atoms with van der Waals surface area (Å²) in [6.45, 7) is 9.61. The van der Waals surface area contributed by atoms with Crippen LogP contribution < -0.4 is 0 Å². The van der Waals surface area contributed by atoms with Crippen molar-refractivity contribution in [3.63, 3.8) is 0 Å². The van der Waals surface area contributed by atoms with Crippen LogP contribution in [-0.2, 0) is 25.7 Å². The van der Waals surface area contributed by atoms with Crippen molar-refractivity contribution in [1.82, 2.24) is 14.9 Å². The first-order chi connectivity index (χ1) is 19.6. The molecule has 0 spiro atoms. The Morgan fingerprint density at radius 1 is 1.00 bits per heavy atom. The molecule has 0 fully saturated rings. The standard InChI is InChI=1S/C35H40F3N3/c1-23(2)10-5-6-11-25-12-9-13-26(39-25)17-16-24-20-29(36)32(30(37)21-24)34-33-28(18-19-41(34)22-35(3,4)38)27-14-7-8-15-31(27)40-33/h7-9,12-15,20-21,34,40H,1,5-6,10-11,16-19,22H2,2-4H3. The highest BCUT2D eigenvalue weighted by atomic mass is 19.1. The molecular weight excluding hydrogens is 519 g/mol. The van der Waals surface area contributed by atoms with Crippen LogP contribution in [0.1, 0.15) is 79.8 Å². The SMILES string of the molecule is C=C(C)CCCCc1cccc(CCc2cc(F)c(C3c4[nH]c5ccccc5c4CCN3CC(C)(C)F)c(F)c2)n1. The second-order valence-corrected chi connectivity index (χ2v) is 12.2. The van der Waals surface area contributed by atoms with Crippen molar-refractivity contribution in [2.75, 3.05) is 13.1 Å². The average molecular weight is 560 g/mol. The summed E-state index contributed by atoms with van der Waals surface area (Å²) in [5.74, 6) is -1.20. The van der Waals surface area contributed by atoms with E-state index in [0.29, 0.717) is 31.4 Å². The predicted molar refractivity (Wildman–Crippen MR) is 161 cm³/mol. The highest BCUT2D eigenvalue weighted by molar-refractivity contribution is 5.85. The topological polar surface area (TPSA) is 31.9 Å². The number of aromatic amines is 1. The molecular formula is C35H40F3N3. The van der Waals surface area contributed by atoms with Crippen molar-refractivity contribution < 1.29 is 13.2 Å². The normalized spacial score (nSPS) is 15.8. The quantitative estimate of drug-likeness (QED) is 0.147. The number of unbranched alkanes of at least 4 members (excludes halogenated alkanes) is 1. The minimum atomic E-state index is -1.51. The van der Waals surface area contributed by atoms with E-state index in [4.69, 9.17) is 4.98 Å². The van der Waals surface area contributed by atoms with E-state index in [1.807, 2.05) is 54.3 Å². The third-order valence-electron chi connectivity index (χ3n) is 7.95. The summed E-state index contributed by atoms with van der Waals surface area (Å²) in [6.07, 6.45) is 5.83. The maximum atomic E-state index is 15.9. The van der Waals surface area contributed by atoms with Crippen LogP contribution in [0.15, 0.2) is 66.7 Å². The summed E-state index contributed by atoms with van der Waals surface area (Å²) >= 11 is 0. The van der Waals surface area contributed by atoms with Crippen molar-refractivity contribution >= 4 is 10.9 Å². The highest BCUT2D eigenvalue weighted by Crippen LogP contribution is 2.41. The molecule has 1 aliphatic rings. The van der Waals surface area contributed by atoms with E-state index < -0.39 is 23.3 Å². The summed E-state index contributed by atoms with van der Waals surface area (Å²) in [6, 6.07) is 16.0. The zero-order valence-corrected chi connectivity index (χ0v) is 24.4. The fourth-order valence-corrected chi connectivity index (χ4v) is 6.13. The number of hydrogen-bond acceptors (Lipinski definition) is 2. The molecule has 3 nitrogen and oxygen atoms in total. The van der Waals surface area contributed by atoms with Gasteiger partial charge in [-0.2, -0.15) is 0 Å². The Balaban J connectivity index is 1.38. The van der Waals surface area contributed by atoms with Crippen molar-refractivity contribution in [2.45, 2.75) is 77.4 Å². The molecule has 2 aromatic heterocycles. The molecule has 1 N–H and O–H groups in total. The second-order valence-electron chi connectivity index (χ2n) is 12.2. The lowest BCUT2D eigenvalue weighted by atomic mass is 9.90. The number of nitrogens with zero attached hydrogens (tertiary/aromatic N) is 2. The molecule has 0 bridgehead atoms. The molecule has 0 saturated carbocycles. The predicted octanol–water partition coefficient (Wildman–Crippen LogP) is 8.61. The molecule has 0 aliphatic carbocycles. The van der Waals surface area contributed by atoms with Gasteiger partial charge in [-0.1, -0.05) is 29.8 Å². The van der Waals surface area contributed by atoms with Gasteiger partial charge in [-0.05, 0) is 107 Å². The molecule has 2 aromatic carbocycles. The van der Waals surface area contributed by atoms with Crippen molar-refractivity contribution in [2.24, 2.45) is 0 Å². The lowest BCUT2D eigenvalue weighted by Crippen LogP contribution is -2.43. The van der Waals surface area contributed by atoms with Gasteiger partial charge in [0.15, 0.2) is 0 Å². The number of benzene rings is 2. The fraction of sp³-hybridized carbons (Fsp3) is 0.400. The number of rotatable bonds is 11.